The van der Waals surface area contributed by atoms with Gasteiger partial charge in [-0.25, -0.2) is 0 Å². The summed E-state index contributed by atoms with van der Waals surface area (Å²) in [5, 5.41) is 0. The number of carbonyl (C=O) groups is 3. The van der Waals surface area contributed by atoms with Gasteiger partial charge in [-0.15, -0.1) is 0 Å². The van der Waals surface area contributed by atoms with Crippen LogP contribution < -0.4 is 0 Å². The van der Waals surface area contributed by atoms with Gasteiger partial charge in [-0.3, -0.25) is 14.4 Å². The first-order chi connectivity index (χ1) is 34.5. The van der Waals surface area contributed by atoms with Gasteiger partial charge in [0.1, 0.15) is 13.2 Å². The highest BCUT2D eigenvalue weighted by molar-refractivity contribution is 5.71. The van der Waals surface area contributed by atoms with Gasteiger partial charge in [0.25, 0.3) is 0 Å². The molecule has 0 heterocycles. The number of allylic oxidation sites excluding steroid dienone is 4. The molecule has 0 aromatic carbocycles. The Hall–Kier alpha value is -2.11. The van der Waals surface area contributed by atoms with E-state index in [4.69, 9.17) is 14.2 Å². The predicted molar refractivity (Wildman–Crippen MR) is 303 cm³/mol. The van der Waals surface area contributed by atoms with Gasteiger partial charge in [0.2, 0.25) is 0 Å². The molecule has 1 unspecified atom stereocenters. The number of carbonyl (C=O) groups excluding carboxylic acids is 3. The van der Waals surface area contributed by atoms with Crippen LogP contribution in [0.2, 0.25) is 0 Å². The average molecular weight is 986 g/mol. The van der Waals surface area contributed by atoms with Crippen molar-refractivity contribution in [1.29, 1.82) is 0 Å². The molecular weight excluding hydrogens is 865 g/mol. The number of hydrogen-bond acceptors (Lipinski definition) is 6. The van der Waals surface area contributed by atoms with Crippen LogP contribution in [0.3, 0.4) is 0 Å². The van der Waals surface area contributed by atoms with Crippen LogP contribution in [0.15, 0.2) is 24.3 Å². The van der Waals surface area contributed by atoms with Crippen molar-refractivity contribution in [2.24, 2.45) is 0 Å². The standard InChI is InChI=1S/C64H120O6/c1-4-7-10-13-16-19-22-25-27-29-30-31-32-33-34-36-37-39-42-45-48-51-54-57-63(66)69-60-61(59-68-62(65)56-53-50-47-44-41-24-21-18-15-12-9-6-3)70-64(67)58-55-52-49-46-43-40-38-35-28-26-23-20-17-14-11-8-5-2/h26,28-30,61H,4-25,27,31-60H2,1-3H3/b28-26-,30-29-. The quantitative estimate of drug-likeness (QED) is 0.0261. The molecule has 6 nitrogen and oxygen atoms in total. The molecule has 0 rings (SSSR count). The predicted octanol–water partition coefficient (Wildman–Crippen LogP) is 21.1. The third-order valence-corrected chi connectivity index (χ3v) is 14.2. The second-order valence-electron chi connectivity index (χ2n) is 21.3. The third-order valence-electron chi connectivity index (χ3n) is 14.2. The molecule has 0 radical (unpaired) electrons. The molecule has 0 saturated carbocycles. The van der Waals surface area contributed by atoms with E-state index in [0.29, 0.717) is 19.3 Å². The number of unbranched alkanes of at least 4 members (excludes halogenated alkanes) is 43. The number of esters is 3. The van der Waals surface area contributed by atoms with Crippen LogP contribution in [0.1, 0.15) is 348 Å². The number of rotatable bonds is 58. The van der Waals surface area contributed by atoms with E-state index >= 15 is 0 Å². The molecule has 70 heavy (non-hydrogen) atoms. The summed E-state index contributed by atoms with van der Waals surface area (Å²) in [5.41, 5.74) is 0. The van der Waals surface area contributed by atoms with Crippen molar-refractivity contribution in [2.45, 2.75) is 354 Å². The van der Waals surface area contributed by atoms with Crippen molar-refractivity contribution in [2.75, 3.05) is 13.2 Å². The van der Waals surface area contributed by atoms with Crippen molar-refractivity contribution in [1.82, 2.24) is 0 Å². The maximum atomic E-state index is 12.9. The second kappa shape index (κ2) is 59.5. The zero-order valence-corrected chi connectivity index (χ0v) is 47.3. The molecule has 0 N–H and O–H groups in total. The van der Waals surface area contributed by atoms with Crippen LogP contribution >= 0.6 is 0 Å². The molecule has 0 aliphatic rings. The molecular formula is C64H120O6. The van der Waals surface area contributed by atoms with E-state index in [1.807, 2.05) is 0 Å². The minimum atomic E-state index is -0.770. The molecule has 0 aliphatic carbocycles. The molecule has 0 amide bonds. The topological polar surface area (TPSA) is 78.9 Å². The monoisotopic (exact) mass is 985 g/mol. The summed E-state index contributed by atoms with van der Waals surface area (Å²) in [6.07, 6.45) is 70.4. The molecule has 6 heteroatoms. The van der Waals surface area contributed by atoms with Crippen molar-refractivity contribution in [3.05, 3.63) is 24.3 Å². The Morgan fingerprint density at radius 3 is 0.714 bits per heavy atom. The molecule has 0 aromatic rings. The number of hydrogen-bond donors (Lipinski definition) is 0. The lowest BCUT2D eigenvalue weighted by Crippen LogP contribution is -2.30. The van der Waals surface area contributed by atoms with Crippen LogP contribution in [0.25, 0.3) is 0 Å². The van der Waals surface area contributed by atoms with Crippen LogP contribution in [0.4, 0.5) is 0 Å². The fraction of sp³-hybridized carbons (Fsp3) is 0.891. The van der Waals surface area contributed by atoms with Gasteiger partial charge in [-0.2, -0.15) is 0 Å². The highest BCUT2D eigenvalue weighted by Crippen LogP contribution is 2.17. The van der Waals surface area contributed by atoms with Gasteiger partial charge in [-0.05, 0) is 70.6 Å². The summed E-state index contributed by atoms with van der Waals surface area (Å²) < 4.78 is 16.9. The van der Waals surface area contributed by atoms with Gasteiger partial charge in [0.15, 0.2) is 6.10 Å². The smallest absolute Gasteiger partial charge is 0.306 e. The Bertz CT molecular complexity index is 1130. The normalized spacial score (nSPS) is 12.1. The summed E-state index contributed by atoms with van der Waals surface area (Å²) >= 11 is 0. The van der Waals surface area contributed by atoms with E-state index in [9.17, 15) is 14.4 Å². The van der Waals surface area contributed by atoms with E-state index < -0.39 is 6.10 Å². The summed E-state index contributed by atoms with van der Waals surface area (Å²) in [4.78, 5) is 38.2. The first-order valence-electron chi connectivity index (χ1n) is 31.3. The Balaban J connectivity index is 4.25. The zero-order valence-electron chi connectivity index (χ0n) is 47.3. The second-order valence-corrected chi connectivity index (χ2v) is 21.3. The first kappa shape index (κ1) is 67.9. The lowest BCUT2D eigenvalue weighted by molar-refractivity contribution is -0.167. The molecule has 1 atom stereocenters. The van der Waals surface area contributed by atoms with Gasteiger partial charge in [0.05, 0.1) is 0 Å². The average Bonchev–Trinajstić information content (AvgIpc) is 3.36. The molecule has 0 fully saturated rings. The zero-order chi connectivity index (χ0) is 50.7. The van der Waals surface area contributed by atoms with E-state index in [2.05, 4.69) is 45.1 Å². The van der Waals surface area contributed by atoms with E-state index in [1.165, 1.54) is 250 Å². The molecule has 0 aromatic heterocycles. The highest BCUT2D eigenvalue weighted by Gasteiger charge is 2.19. The largest absolute Gasteiger partial charge is 0.462 e. The highest BCUT2D eigenvalue weighted by atomic mass is 16.6. The Morgan fingerprint density at radius 2 is 0.471 bits per heavy atom. The van der Waals surface area contributed by atoms with Gasteiger partial charge < -0.3 is 14.2 Å². The van der Waals surface area contributed by atoms with Crippen molar-refractivity contribution in [3.8, 4) is 0 Å². The Morgan fingerprint density at radius 1 is 0.271 bits per heavy atom. The van der Waals surface area contributed by atoms with Crippen LogP contribution in [0, 0.1) is 0 Å². The van der Waals surface area contributed by atoms with Crippen molar-refractivity contribution in [3.63, 3.8) is 0 Å². The molecule has 0 aliphatic heterocycles. The Kier molecular flexibility index (Phi) is 57.7. The van der Waals surface area contributed by atoms with Crippen molar-refractivity contribution >= 4 is 17.9 Å². The fourth-order valence-corrected chi connectivity index (χ4v) is 9.44. The van der Waals surface area contributed by atoms with Crippen LogP contribution in [-0.2, 0) is 28.6 Å². The van der Waals surface area contributed by atoms with E-state index in [1.54, 1.807) is 0 Å². The maximum Gasteiger partial charge on any atom is 0.306 e. The first-order valence-corrected chi connectivity index (χ1v) is 31.3. The van der Waals surface area contributed by atoms with Gasteiger partial charge >= 0.3 is 17.9 Å². The maximum absolute atomic E-state index is 12.9. The lowest BCUT2D eigenvalue weighted by atomic mass is 10.0. The molecule has 0 saturated heterocycles. The minimum absolute atomic E-state index is 0.0683. The van der Waals surface area contributed by atoms with Crippen LogP contribution in [0.5, 0.6) is 0 Å². The minimum Gasteiger partial charge on any atom is -0.462 e. The lowest BCUT2D eigenvalue weighted by Gasteiger charge is -2.18. The summed E-state index contributed by atoms with van der Waals surface area (Å²) in [5.74, 6) is -0.851. The van der Waals surface area contributed by atoms with E-state index in [-0.39, 0.29) is 31.1 Å². The summed E-state index contributed by atoms with van der Waals surface area (Å²) in [6.45, 7) is 6.68. The molecule has 412 valence electrons. The van der Waals surface area contributed by atoms with Gasteiger partial charge in [-0.1, -0.05) is 283 Å². The fourth-order valence-electron chi connectivity index (χ4n) is 9.44. The SMILES string of the molecule is CCCCCCCC/C=C\CCCCCCCCCC(=O)OC(COC(=O)CCCCCCCCCCCCCC)COC(=O)CCCCCCCCCCCCC/C=C\CCCCCCCCCC. The number of ether oxygens (including phenoxy) is 3. The molecule has 0 spiro atoms. The summed E-state index contributed by atoms with van der Waals surface area (Å²) in [6, 6.07) is 0. The summed E-state index contributed by atoms with van der Waals surface area (Å²) in [7, 11) is 0. The molecule has 0 bridgehead atoms. The van der Waals surface area contributed by atoms with Crippen LogP contribution in [-0.4, -0.2) is 37.2 Å². The van der Waals surface area contributed by atoms with Gasteiger partial charge in [0, 0.05) is 19.3 Å². The van der Waals surface area contributed by atoms with Crippen molar-refractivity contribution < 1.29 is 28.6 Å². The van der Waals surface area contributed by atoms with E-state index in [0.717, 1.165) is 57.8 Å². The third kappa shape index (κ3) is 56.8. The Labute approximate surface area is 436 Å².